The first kappa shape index (κ1) is 30.7. The molecule has 0 spiro atoms. The Balaban J connectivity index is 1.12. The van der Waals surface area contributed by atoms with E-state index in [1.165, 1.54) is 22.4 Å². The minimum absolute atomic E-state index is 0.124. The summed E-state index contributed by atoms with van der Waals surface area (Å²) in [6.07, 6.45) is 3.88. The number of ether oxygens (including phenoxy) is 2. The average Bonchev–Trinajstić information content (AvgIpc) is 3.76. The predicted octanol–water partition coefficient (Wildman–Crippen LogP) is 5.93. The van der Waals surface area contributed by atoms with Crippen LogP contribution in [0.4, 0.5) is 0 Å². The van der Waals surface area contributed by atoms with Gasteiger partial charge in [-0.2, -0.15) is 5.10 Å². The van der Waals surface area contributed by atoms with Crippen molar-refractivity contribution in [3.63, 3.8) is 0 Å². The van der Waals surface area contributed by atoms with E-state index in [-0.39, 0.29) is 5.92 Å². The molecular formula is C36H48N4O4. The number of carbonyl (C=O) groups is 1. The van der Waals surface area contributed by atoms with Gasteiger partial charge in [0.2, 0.25) is 6.79 Å². The third-order valence-corrected chi connectivity index (χ3v) is 10.3. The number of rotatable bonds is 11. The second-order valence-electron chi connectivity index (χ2n) is 13.2. The van der Waals surface area contributed by atoms with E-state index in [0.717, 1.165) is 82.1 Å². The number of hydrogen-bond acceptors (Lipinski definition) is 6. The van der Waals surface area contributed by atoms with Crippen LogP contribution in [0.1, 0.15) is 79.9 Å². The van der Waals surface area contributed by atoms with Crippen molar-refractivity contribution in [2.75, 3.05) is 39.5 Å². The largest absolute Gasteiger partial charge is 0.480 e. The van der Waals surface area contributed by atoms with Crippen LogP contribution in [0, 0.1) is 18.8 Å². The third kappa shape index (κ3) is 6.52. The molecule has 0 radical (unpaired) electrons. The highest BCUT2D eigenvalue weighted by Gasteiger charge is 2.42. The van der Waals surface area contributed by atoms with E-state index in [0.29, 0.717) is 24.5 Å². The fourth-order valence-electron chi connectivity index (χ4n) is 7.74. The van der Waals surface area contributed by atoms with E-state index in [2.05, 4.69) is 84.6 Å². The number of hydrogen-bond donors (Lipinski definition) is 1. The Morgan fingerprint density at radius 3 is 2.57 bits per heavy atom. The number of carboxylic acid groups (broad SMARTS) is 1. The molecule has 6 rings (SSSR count). The molecule has 4 unspecified atom stereocenters. The summed E-state index contributed by atoms with van der Waals surface area (Å²) < 4.78 is 13.3. The number of aromatic nitrogens is 2. The highest BCUT2D eigenvalue weighted by atomic mass is 16.7. The smallest absolute Gasteiger partial charge is 0.321 e. The van der Waals surface area contributed by atoms with Crippen LogP contribution >= 0.6 is 0 Å². The van der Waals surface area contributed by atoms with Crippen LogP contribution in [0.2, 0.25) is 0 Å². The van der Waals surface area contributed by atoms with Crippen LogP contribution in [-0.2, 0) is 17.8 Å². The van der Waals surface area contributed by atoms with Gasteiger partial charge < -0.3 is 19.5 Å². The summed E-state index contributed by atoms with van der Waals surface area (Å²) in [5.41, 5.74) is 6.25. The second kappa shape index (κ2) is 13.3. The van der Waals surface area contributed by atoms with Gasteiger partial charge in [0.05, 0.1) is 5.69 Å². The van der Waals surface area contributed by atoms with Gasteiger partial charge >= 0.3 is 5.97 Å². The Morgan fingerprint density at radius 2 is 1.84 bits per heavy atom. The average molecular weight is 601 g/mol. The van der Waals surface area contributed by atoms with Gasteiger partial charge in [-0.3, -0.25) is 14.4 Å². The van der Waals surface area contributed by atoms with Crippen LogP contribution in [0.3, 0.4) is 0 Å². The van der Waals surface area contributed by atoms with Gasteiger partial charge in [0, 0.05) is 50.1 Å². The van der Waals surface area contributed by atoms with Crippen LogP contribution in [0.5, 0.6) is 11.5 Å². The lowest BCUT2D eigenvalue weighted by atomic mass is 9.86. The fourth-order valence-corrected chi connectivity index (χ4v) is 7.74. The number of likely N-dealkylation sites (tertiary alicyclic amines) is 2. The van der Waals surface area contributed by atoms with E-state index >= 15 is 0 Å². The lowest BCUT2D eigenvalue weighted by Crippen LogP contribution is -2.45. The molecule has 2 saturated heterocycles. The number of piperidine rings is 1. The Hall–Kier alpha value is -3.36. The highest BCUT2D eigenvalue weighted by molar-refractivity contribution is 5.74. The first-order valence-electron chi connectivity index (χ1n) is 16.5. The van der Waals surface area contributed by atoms with Crippen molar-refractivity contribution in [2.24, 2.45) is 11.8 Å². The molecule has 8 heteroatoms. The van der Waals surface area contributed by atoms with Crippen molar-refractivity contribution in [2.45, 2.75) is 77.8 Å². The molecule has 0 aliphatic carbocycles. The van der Waals surface area contributed by atoms with Gasteiger partial charge in [-0.05, 0) is 80.9 Å². The molecular weight excluding hydrogens is 552 g/mol. The minimum Gasteiger partial charge on any atom is -0.480 e. The summed E-state index contributed by atoms with van der Waals surface area (Å²) in [5.74, 6) is 2.32. The molecule has 0 saturated carbocycles. The first-order valence-corrected chi connectivity index (χ1v) is 16.5. The van der Waals surface area contributed by atoms with Crippen molar-refractivity contribution < 1.29 is 19.4 Å². The van der Waals surface area contributed by atoms with Crippen molar-refractivity contribution in [1.29, 1.82) is 0 Å². The summed E-state index contributed by atoms with van der Waals surface area (Å²) in [5, 5.41) is 15.2. The molecule has 236 valence electrons. The molecule has 8 nitrogen and oxygen atoms in total. The number of nitrogens with zero attached hydrogens (tertiary/aromatic N) is 4. The maximum Gasteiger partial charge on any atom is 0.321 e. The maximum absolute atomic E-state index is 12.4. The van der Waals surface area contributed by atoms with Crippen LogP contribution < -0.4 is 9.47 Å². The molecule has 1 aromatic heterocycles. The Labute approximate surface area is 262 Å². The molecule has 3 aliphatic heterocycles. The van der Waals surface area contributed by atoms with Gasteiger partial charge in [0.25, 0.3) is 0 Å². The molecule has 3 aromatic rings. The van der Waals surface area contributed by atoms with Gasteiger partial charge in [0.15, 0.2) is 11.5 Å². The zero-order valence-electron chi connectivity index (χ0n) is 26.7. The van der Waals surface area contributed by atoms with E-state index in [1.807, 2.05) is 6.07 Å². The molecule has 4 atom stereocenters. The van der Waals surface area contributed by atoms with Gasteiger partial charge in [0.1, 0.15) is 6.04 Å². The zero-order chi connectivity index (χ0) is 30.8. The van der Waals surface area contributed by atoms with Crippen molar-refractivity contribution in [3.05, 3.63) is 76.6 Å². The maximum atomic E-state index is 12.4. The fraction of sp³-hybridized carbons (Fsp3) is 0.556. The normalized spacial score (nSPS) is 22.4. The zero-order valence-corrected chi connectivity index (χ0v) is 26.7. The third-order valence-electron chi connectivity index (χ3n) is 10.3. The molecule has 2 fully saturated rings. The number of carboxylic acids is 1. The van der Waals surface area contributed by atoms with E-state index in [9.17, 15) is 9.90 Å². The monoisotopic (exact) mass is 600 g/mol. The van der Waals surface area contributed by atoms with Gasteiger partial charge in [-0.1, -0.05) is 56.2 Å². The van der Waals surface area contributed by atoms with Crippen LogP contribution in [0.15, 0.2) is 48.5 Å². The van der Waals surface area contributed by atoms with Crippen molar-refractivity contribution in [3.8, 4) is 11.5 Å². The summed E-state index contributed by atoms with van der Waals surface area (Å²) in [4.78, 5) is 17.3. The number of fused-ring (bicyclic) bond motifs is 1. The van der Waals surface area contributed by atoms with Crippen molar-refractivity contribution in [1.82, 2.24) is 19.6 Å². The van der Waals surface area contributed by atoms with E-state index < -0.39 is 12.0 Å². The molecule has 1 N–H and O–H groups in total. The quantitative estimate of drug-likeness (QED) is 0.293. The highest BCUT2D eigenvalue weighted by Crippen LogP contribution is 2.38. The Morgan fingerprint density at radius 1 is 1.05 bits per heavy atom. The van der Waals surface area contributed by atoms with E-state index in [1.54, 1.807) is 0 Å². The summed E-state index contributed by atoms with van der Waals surface area (Å²) >= 11 is 0. The van der Waals surface area contributed by atoms with Gasteiger partial charge in [-0.25, -0.2) is 0 Å². The topological polar surface area (TPSA) is 80.1 Å². The summed E-state index contributed by atoms with van der Waals surface area (Å²) in [6.45, 7) is 14.4. The molecule has 0 amide bonds. The van der Waals surface area contributed by atoms with Crippen molar-refractivity contribution >= 4 is 5.97 Å². The predicted molar refractivity (Wildman–Crippen MR) is 172 cm³/mol. The number of benzene rings is 2. The first-order chi connectivity index (χ1) is 21.3. The molecule has 2 aromatic carbocycles. The molecule has 44 heavy (non-hydrogen) atoms. The lowest BCUT2D eigenvalue weighted by molar-refractivity contribution is -0.145. The van der Waals surface area contributed by atoms with Gasteiger partial charge in [-0.15, -0.1) is 0 Å². The number of aliphatic carboxylic acids is 1. The minimum atomic E-state index is -0.686. The summed E-state index contributed by atoms with van der Waals surface area (Å²) in [6, 6.07) is 16.9. The van der Waals surface area contributed by atoms with Crippen LogP contribution in [0.25, 0.3) is 0 Å². The SMILES string of the molecule is CCC(C)C(C(=O)O)N1CC(CN2CCC(c3cc(Cc4ccc5c(c4)OCO5)nn3CC)CC2)C(c2cccc(C)c2)C1. The molecule has 0 bridgehead atoms. The van der Waals surface area contributed by atoms with E-state index in [4.69, 9.17) is 14.6 Å². The Bertz CT molecular complexity index is 1450. The molecule has 4 heterocycles. The number of aryl methyl sites for hydroxylation is 2. The standard InChI is InChI=1S/C36H48N4O4/c1-5-25(4)35(36(41)42)39-21-29(31(22-39)28-9-7-8-24(3)16-28)20-38-14-12-27(13-15-38)32-19-30(37-40(32)6-2)17-26-10-11-33-34(18-26)44-23-43-33/h7-11,16,18-19,25,27,29,31,35H,5-6,12-15,17,20-23H2,1-4H3,(H,41,42). The molecule has 3 aliphatic rings. The summed E-state index contributed by atoms with van der Waals surface area (Å²) in [7, 11) is 0. The lowest BCUT2D eigenvalue weighted by Gasteiger charge is -2.35. The van der Waals surface area contributed by atoms with Crippen LogP contribution in [-0.4, -0.2) is 76.2 Å². The second-order valence-corrected chi connectivity index (χ2v) is 13.2. The Kier molecular flexibility index (Phi) is 9.29.